The normalized spacial score (nSPS) is 11.1. The van der Waals surface area contributed by atoms with Crippen LogP contribution in [0, 0.1) is 0 Å². The SMILES string of the molecule is CC(=O)Oc1ccc(CCC=C(C)C(N)=O)cc1. The van der Waals surface area contributed by atoms with Crippen LogP contribution >= 0.6 is 0 Å². The molecule has 0 saturated heterocycles. The minimum Gasteiger partial charge on any atom is -0.427 e. The van der Waals surface area contributed by atoms with E-state index in [9.17, 15) is 9.59 Å². The lowest BCUT2D eigenvalue weighted by Gasteiger charge is -2.03. The van der Waals surface area contributed by atoms with Crippen molar-refractivity contribution in [2.75, 3.05) is 0 Å². The van der Waals surface area contributed by atoms with Gasteiger partial charge in [0.2, 0.25) is 5.91 Å². The molecule has 0 fully saturated rings. The van der Waals surface area contributed by atoms with E-state index in [1.165, 1.54) is 6.92 Å². The van der Waals surface area contributed by atoms with Gasteiger partial charge in [-0.1, -0.05) is 18.2 Å². The topological polar surface area (TPSA) is 69.4 Å². The molecular weight excluding hydrogens is 230 g/mol. The third-order valence-corrected chi connectivity index (χ3v) is 2.46. The molecule has 0 aliphatic carbocycles. The second-order valence-electron chi connectivity index (χ2n) is 4.03. The Hall–Kier alpha value is -2.10. The summed E-state index contributed by atoms with van der Waals surface area (Å²) in [6, 6.07) is 7.29. The molecule has 18 heavy (non-hydrogen) atoms. The van der Waals surface area contributed by atoms with Gasteiger partial charge in [0.25, 0.3) is 0 Å². The van der Waals surface area contributed by atoms with Gasteiger partial charge in [-0.05, 0) is 37.5 Å². The molecule has 0 bridgehead atoms. The van der Waals surface area contributed by atoms with Crippen molar-refractivity contribution in [2.45, 2.75) is 26.7 Å². The highest BCUT2D eigenvalue weighted by molar-refractivity contribution is 5.91. The molecular formula is C14H17NO3. The standard InChI is InChI=1S/C14H17NO3/c1-10(14(15)17)4-3-5-12-6-8-13(9-7-12)18-11(2)16/h4,6-9H,3,5H2,1-2H3,(H2,15,17). The van der Waals surface area contributed by atoms with Gasteiger partial charge < -0.3 is 10.5 Å². The number of nitrogens with two attached hydrogens (primary N) is 1. The fourth-order valence-electron chi connectivity index (χ4n) is 1.45. The van der Waals surface area contributed by atoms with Crippen LogP contribution in [0.2, 0.25) is 0 Å². The number of primary amides is 1. The molecule has 1 aromatic carbocycles. The average molecular weight is 247 g/mol. The number of hydrogen-bond acceptors (Lipinski definition) is 3. The molecule has 0 aromatic heterocycles. The van der Waals surface area contributed by atoms with Crippen molar-refractivity contribution < 1.29 is 14.3 Å². The molecule has 0 unspecified atom stereocenters. The fourth-order valence-corrected chi connectivity index (χ4v) is 1.45. The Kier molecular flexibility index (Phi) is 5.11. The van der Waals surface area contributed by atoms with Crippen LogP contribution in [0.5, 0.6) is 5.75 Å². The minimum absolute atomic E-state index is 0.331. The molecule has 0 spiro atoms. The first-order valence-corrected chi connectivity index (χ1v) is 5.73. The number of rotatable bonds is 5. The Morgan fingerprint density at radius 1 is 1.22 bits per heavy atom. The van der Waals surface area contributed by atoms with Crippen molar-refractivity contribution in [1.82, 2.24) is 0 Å². The fraction of sp³-hybridized carbons (Fsp3) is 0.286. The van der Waals surface area contributed by atoms with Crippen molar-refractivity contribution in [3.63, 3.8) is 0 Å². The molecule has 1 rings (SSSR count). The van der Waals surface area contributed by atoms with Crippen molar-refractivity contribution in [2.24, 2.45) is 5.73 Å². The van der Waals surface area contributed by atoms with Crippen LogP contribution in [0.1, 0.15) is 25.8 Å². The molecule has 0 radical (unpaired) electrons. The lowest BCUT2D eigenvalue weighted by atomic mass is 10.1. The van der Waals surface area contributed by atoms with Crippen molar-refractivity contribution in [1.29, 1.82) is 0 Å². The number of benzene rings is 1. The number of aryl methyl sites for hydroxylation is 1. The Morgan fingerprint density at radius 3 is 2.33 bits per heavy atom. The number of carbonyl (C=O) groups is 2. The number of esters is 1. The van der Waals surface area contributed by atoms with Crippen LogP contribution in [0.4, 0.5) is 0 Å². The van der Waals surface area contributed by atoms with Crippen LogP contribution < -0.4 is 10.5 Å². The van der Waals surface area contributed by atoms with Crippen molar-refractivity contribution in [3.8, 4) is 5.75 Å². The van der Waals surface area contributed by atoms with E-state index in [2.05, 4.69) is 0 Å². The predicted octanol–water partition coefficient (Wildman–Crippen LogP) is 1.98. The van der Waals surface area contributed by atoms with E-state index in [0.29, 0.717) is 11.3 Å². The van der Waals surface area contributed by atoms with Gasteiger partial charge >= 0.3 is 5.97 Å². The molecule has 0 aliphatic heterocycles. The number of hydrogen-bond donors (Lipinski definition) is 1. The van der Waals surface area contributed by atoms with Crippen LogP contribution in [0.3, 0.4) is 0 Å². The van der Waals surface area contributed by atoms with E-state index in [4.69, 9.17) is 10.5 Å². The highest BCUT2D eigenvalue weighted by Crippen LogP contribution is 2.14. The maximum Gasteiger partial charge on any atom is 0.308 e. The van der Waals surface area contributed by atoms with Crippen LogP contribution in [0.15, 0.2) is 35.9 Å². The monoisotopic (exact) mass is 247 g/mol. The van der Waals surface area contributed by atoms with Gasteiger partial charge in [0.15, 0.2) is 0 Å². The van der Waals surface area contributed by atoms with Gasteiger partial charge in [-0.25, -0.2) is 0 Å². The zero-order valence-electron chi connectivity index (χ0n) is 10.6. The van der Waals surface area contributed by atoms with Gasteiger partial charge in [0.05, 0.1) is 0 Å². The Balaban J connectivity index is 2.51. The molecule has 1 aromatic rings. The zero-order valence-corrected chi connectivity index (χ0v) is 10.6. The number of ether oxygens (including phenoxy) is 1. The summed E-state index contributed by atoms with van der Waals surface area (Å²) in [5.74, 6) is -0.182. The zero-order chi connectivity index (χ0) is 13.5. The third-order valence-electron chi connectivity index (χ3n) is 2.46. The first-order valence-electron chi connectivity index (χ1n) is 5.73. The first kappa shape index (κ1) is 14.0. The summed E-state index contributed by atoms with van der Waals surface area (Å²) in [5, 5.41) is 0. The highest BCUT2D eigenvalue weighted by atomic mass is 16.5. The molecule has 0 heterocycles. The van der Waals surface area contributed by atoms with E-state index in [-0.39, 0.29) is 11.9 Å². The first-order chi connectivity index (χ1) is 8.49. The van der Waals surface area contributed by atoms with E-state index in [1.807, 2.05) is 18.2 Å². The lowest BCUT2D eigenvalue weighted by Crippen LogP contribution is -2.11. The van der Waals surface area contributed by atoms with Crippen LogP contribution in [-0.4, -0.2) is 11.9 Å². The van der Waals surface area contributed by atoms with Crippen LogP contribution in [0.25, 0.3) is 0 Å². The van der Waals surface area contributed by atoms with Gasteiger partial charge in [0.1, 0.15) is 5.75 Å². The average Bonchev–Trinajstić information content (AvgIpc) is 2.30. The smallest absolute Gasteiger partial charge is 0.308 e. The maximum atomic E-state index is 10.8. The van der Waals surface area contributed by atoms with Gasteiger partial charge in [0, 0.05) is 12.5 Å². The summed E-state index contributed by atoms with van der Waals surface area (Å²) in [7, 11) is 0. The summed E-state index contributed by atoms with van der Waals surface area (Å²) in [6.45, 7) is 3.07. The second-order valence-corrected chi connectivity index (χ2v) is 4.03. The minimum atomic E-state index is -0.389. The maximum absolute atomic E-state index is 10.8. The molecule has 96 valence electrons. The number of amides is 1. The van der Waals surface area contributed by atoms with Gasteiger partial charge in [-0.2, -0.15) is 0 Å². The molecule has 0 atom stereocenters. The molecule has 2 N–H and O–H groups in total. The van der Waals surface area contributed by atoms with E-state index in [0.717, 1.165) is 18.4 Å². The molecule has 4 heteroatoms. The highest BCUT2D eigenvalue weighted by Gasteiger charge is 1.99. The molecule has 4 nitrogen and oxygen atoms in total. The largest absolute Gasteiger partial charge is 0.427 e. The van der Waals surface area contributed by atoms with Crippen LogP contribution in [-0.2, 0) is 16.0 Å². The number of allylic oxidation sites excluding steroid dienone is 1. The van der Waals surface area contributed by atoms with Gasteiger partial charge in [-0.15, -0.1) is 0 Å². The Bertz CT molecular complexity index is 460. The summed E-state index contributed by atoms with van der Waals surface area (Å²) < 4.78 is 4.93. The predicted molar refractivity (Wildman–Crippen MR) is 69.0 cm³/mol. The Morgan fingerprint density at radius 2 is 1.83 bits per heavy atom. The van der Waals surface area contributed by atoms with E-state index < -0.39 is 0 Å². The second kappa shape index (κ2) is 6.59. The molecule has 1 amide bonds. The molecule has 0 aliphatic rings. The van der Waals surface area contributed by atoms with Crippen molar-refractivity contribution in [3.05, 3.63) is 41.5 Å². The summed E-state index contributed by atoms with van der Waals surface area (Å²) in [6.07, 6.45) is 3.38. The summed E-state index contributed by atoms with van der Waals surface area (Å²) in [4.78, 5) is 21.5. The quantitative estimate of drug-likeness (QED) is 0.491. The van der Waals surface area contributed by atoms with E-state index in [1.54, 1.807) is 19.1 Å². The molecule has 0 saturated carbocycles. The van der Waals surface area contributed by atoms with Crippen molar-refractivity contribution >= 4 is 11.9 Å². The summed E-state index contributed by atoms with van der Waals surface area (Å²) >= 11 is 0. The van der Waals surface area contributed by atoms with Gasteiger partial charge in [-0.3, -0.25) is 9.59 Å². The lowest BCUT2D eigenvalue weighted by molar-refractivity contribution is -0.131. The summed E-state index contributed by atoms with van der Waals surface area (Å²) in [5.41, 5.74) is 6.81. The number of carbonyl (C=O) groups excluding carboxylic acids is 2. The Labute approximate surface area is 106 Å². The third kappa shape index (κ3) is 4.82. The van der Waals surface area contributed by atoms with E-state index >= 15 is 0 Å².